The number of aromatic nitrogens is 3. The van der Waals surface area contributed by atoms with Crippen LogP contribution in [0, 0.1) is 0 Å². The van der Waals surface area contributed by atoms with E-state index in [9.17, 15) is 9.59 Å². The van der Waals surface area contributed by atoms with Crippen LogP contribution in [-0.2, 0) is 24.7 Å². The summed E-state index contributed by atoms with van der Waals surface area (Å²) >= 11 is 9.90. The Bertz CT molecular complexity index is 1310. The topological polar surface area (TPSA) is 86.6 Å². The number of carbonyl (C=O) groups excluding carboxylic acids is 2. The van der Waals surface area contributed by atoms with Crippen molar-refractivity contribution in [1.82, 2.24) is 34.6 Å². The fourth-order valence-corrected chi connectivity index (χ4v) is 6.29. The number of benzene rings is 1. The van der Waals surface area contributed by atoms with Crippen molar-refractivity contribution in [1.29, 1.82) is 0 Å². The minimum Gasteiger partial charge on any atom is -0.345 e. The molecule has 0 radical (unpaired) electrons. The van der Waals surface area contributed by atoms with Gasteiger partial charge in [-0.2, -0.15) is 0 Å². The molecule has 11 heteroatoms. The highest BCUT2D eigenvalue weighted by molar-refractivity contribution is 9.10. The summed E-state index contributed by atoms with van der Waals surface area (Å²) in [6, 6.07) is 8.51. The second-order valence-electron chi connectivity index (χ2n) is 12.6. The fourth-order valence-electron chi connectivity index (χ4n) is 5.71. The molecule has 3 aromatic rings. The standard InChI is InChI=1S/C23H28BrClN4O.C6H11NO.C4H6N2/c1-23(2,3)27-22(30)29-10-8-28(9-11-29)21-19-7-6-18(25)13-15(19)4-5-16-12-17(24)14-26-20(16)21;8-6-7-4-2-1-3-5-7;1-6-3-2-5-4-6/h6-7,12-14,21H,4-5,8-11H2,1-3H3,(H,27,30);6H,1-5H2;2-4H,1H3. The van der Waals surface area contributed by atoms with Crippen LogP contribution in [0.2, 0.25) is 5.02 Å². The van der Waals surface area contributed by atoms with E-state index in [1.165, 1.54) is 36.0 Å². The van der Waals surface area contributed by atoms with Gasteiger partial charge in [0.15, 0.2) is 0 Å². The Balaban J connectivity index is 0.000000257. The molecule has 9 nitrogen and oxygen atoms in total. The number of likely N-dealkylation sites (tertiary alicyclic amines) is 1. The zero-order valence-corrected chi connectivity index (χ0v) is 28.6. The van der Waals surface area contributed by atoms with Crippen molar-refractivity contribution in [2.45, 2.75) is 64.5 Å². The molecular formula is C33H45BrClN7O2. The molecule has 2 fully saturated rings. The average Bonchev–Trinajstić information content (AvgIpc) is 3.43. The number of piperazine rings is 1. The molecular weight excluding hydrogens is 642 g/mol. The number of urea groups is 1. The Morgan fingerprint density at radius 1 is 1.02 bits per heavy atom. The van der Waals surface area contributed by atoms with Crippen LogP contribution in [0.25, 0.3) is 0 Å². The predicted octanol–water partition coefficient (Wildman–Crippen LogP) is 5.86. The van der Waals surface area contributed by atoms with Crippen molar-refractivity contribution in [2.75, 3.05) is 39.3 Å². The summed E-state index contributed by atoms with van der Waals surface area (Å²) in [6.07, 6.45) is 13.8. The van der Waals surface area contributed by atoms with Gasteiger partial charge >= 0.3 is 6.03 Å². The van der Waals surface area contributed by atoms with Crippen LogP contribution in [0.5, 0.6) is 0 Å². The number of halogens is 2. The van der Waals surface area contributed by atoms with Crippen LogP contribution in [-0.4, -0.2) is 86.5 Å². The third-order valence-corrected chi connectivity index (χ3v) is 8.58. The number of fused-ring (bicyclic) bond motifs is 2. The monoisotopic (exact) mass is 685 g/mol. The number of nitrogens with zero attached hydrogens (tertiary/aromatic N) is 6. The van der Waals surface area contributed by atoms with Crippen molar-refractivity contribution in [3.63, 3.8) is 0 Å². The van der Waals surface area contributed by atoms with Gasteiger partial charge in [-0.1, -0.05) is 17.7 Å². The van der Waals surface area contributed by atoms with Gasteiger partial charge in [-0.3, -0.25) is 14.7 Å². The SMILES string of the molecule is CC(C)(C)NC(=O)N1CCN(C2c3ccc(Cl)cc3CCc3cc(Br)cnc32)CC1.Cn1ccnc1.O=CN1CCCCC1. The second kappa shape index (κ2) is 15.9. The van der Waals surface area contributed by atoms with Gasteiger partial charge in [-0.15, -0.1) is 0 Å². The van der Waals surface area contributed by atoms with E-state index >= 15 is 0 Å². The first kappa shape index (κ1) is 33.9. The first-order chi connectivity index (χ1) is 21.0. The Kier molecular flexibility index (Phi) is 12.2. The van der Waals surface area contributed by atoms with Gasteiger partial charge in [0, 0.05) is 79.9 Å². The van der Waals surface area contributed by atoms with Crippen molar-refractivity contribution >= 4 is 40.0 Å². The Morgan fingerprint density at radius 3 is 2.30 bits per heavy atom. The number of aryl methyl sites for hydroxylation is 3. The van der Waals surface area contributed by atoms with Crippen molar-refractivity contribution in [2.24, 2.45) is 7.05 Å². The first-order valence-electron chi connectivity index (χ1n) is 15.4. The number of imidazole rings is 1. The first-order valence-corrected chi connectivity index (χ1v) is 16.6. The molecule has 1 unspecified atom stereocenters. The molecule has 1 aliphatic carbocycles. The summed E-state index contributed by atoms with van der Waals surface area (Å²) in [5.41, 5.74) is 4.72. The van der Waals surface area contributed by atoms with E-state index in [1.807, 2.05) is 60.6 Å². The van der Waals surface area contributed by atoms with Crippen molar-refractivity contribution < 1.29 is 9.59 Å². The maximum absolute atomic E-state index is 12.6. The summed E-state index contributed by atoms with van der Waals surface area (Å²) < 4.78 is 2.90. The minimum absolute atomic E-state index is 0.0117. The van der Waals surface area contributed by atoms with Crippen molar-refractivity contribution in [3.05, 3.63) is 81.1 Å². The van der Waals surface area contributed by atoms with Crippen LogP contribution in [0.15, 0.2) is 53.7 Å². The maximum atomic E-state index is 12.6. The molecule has 3 aliphatic rings. The lowest BCUT2D eigenvalue weighted by Gasteiger charge is -2.40. The number of pyridine rings is 1. The molecule has 0 saturated carbocycles. The molecule has 4 heterocycles. The highest BCUT2D eigenvalue weighted by Gasteiger charge is 2.33. The van der Waals surface area contributed by atoms with Crippen LogP contribution in [0.3, 0.4) is 0 Å². The van der Waals surface area contributed by atoms with Crippen LogP contribution < -0.4 is 5.32 Å². The molecule has 2 aliphatic heterocycles. The maximum Gasteiger partial charge on any atom is 0.317 e. The van der Waals surface area contributed by atoms with Crippen LogP contribution in [0.4, 0.5) is 4.79 Å². The second-order valence-corrected chi connectivity index (χ2v) is 13.9. The summed E-state index contributed by atoms with van der Waals surface area (Å²) in [5.74, 6) is 0. The van der Waals surface area contributed by atoms with E-state index in [4.69, 9.17) is 16.6 Å². The quantitative estimate of drug-likeness (QED) is 0.342. The van der Waals surface area contributed by atoms with Crippen LogP contribution >= 0.6 is 27.5 Å². The van der Waals surface area contributed by atoms with Crippen molar-refractivity contribution in [3.8, 4) is 0 Å². The zero-order valence-electron chi connectivity index (χ0n) is 26.3. The molecule has 2 aromatic heterocycles. The lowest BCUT2D eigenvalue weighted by molar-refractivity contribution is -0.118. The smallest absolute Gasteiger partial charge is 0.317 e. The molecule has 238 valence electrons. The minimum atomic E-state index is -0.232. The van der Waals surface area contributed by atoms with E-state index < -0.39 is 0 Å². The Labute approximate surface area is 275 Å². The number of nitrogens with one attached hydrogen (secondary N) is 1. The lowest BCUT2D eigenvalue weighted by Crippen LogP contribution is -2.55. The molecule has 1 N–H and O–H groups in total. The highest BCUT2D eigenvalue weighted by Crippen LogP contribution is 2.38. The molecule has 2 saturated heterocycles. The predicted molar refractivity (Wildman–Crippen MR) is 179 cm³/mol. The largest absolute Gasteiger partial charge is 0.345 e. The van der Waals surface area contributed by atoms with Gasteiger partial charge in [0.05, 0.1) is 18.1 Å². The Hall–Kier alpha value is -2.95. The van der Waals surface area contributed by atoms with E-state index in [0.29, 0.717) is 13.1 Å². The number of hydrogen-bond donors (Lipinski definition) is 1. The number of rotatable bonds is 2. The molecule has 44 heavy (non-hydrogen) atoms. The number of amides is 3. The summed E-state index contributed by atoms with van der Waals surface area (Å²) in [4.78, 5) is 37.5. The highest BCUT2D eigenvalue weighted by atomic mass is 79.9. The molecule has 3 amide bonds. The summed E-state index contributed by atoms with van der Waals surface area (Å²) in [5, 5.41) is 3.85. The number of carbonyl (C=O) groups is 2. The molecule has 1 aromatic carbocycles. The van der Waals surface area contributed by atoms with Crippen LogP contribution in [0.1, 0.15) is 68.5 Å². The molecule has 1 atom stereocenters. The number of hydrogen-bond acceptors (Lipinski definition) is 5. The molecule has 0 spiro atoms. The zero-order chi connectivity index (χ0) is 31.7. The Morgan fingerprint density at radius 2 is 1.73 bits per heavy atom. The van der Waals surface area contributed by atoms with Gasteiger partial charge in [0.25, 0.3) is 0 Å². The number of piperidine rings is 1. The third-order valence-electron chi connectivity index (χ3n) is 7.92. The summed E-state index contributed by atoms with van der Waals surface area (Å²) in [7, 11) is 1.94. The van der Waals surface area contributed by atoms with E-state index in [-0.39, 0.29) is 17.6 Å². The van der Waals surface area contributed by atoms with Gasteiger partial charge in [-0.05, 0) is 104 Å². The van der Waals surface area contributed by atoms with Gasteiger partial charge in [0.2, 0.25) is 6.41 Å². The van der Waals surface area contributed by atoms with Gasteiger partial charge in [-0.25, -0.2) is 9.78 Å². The van der Waals surface area contributed by atoms with E-state index in [0.717, 1.165) is 60.6 Å². The van der Waals surface area contributed by atoms with E-state index in [2.05, 4.69) is 49.3 Å². The third kappa shape index (κ3) is 9.78. The lowest BCUT2D eigenvalue weighted by atomic mass is 9.96. The summed E-state index contributed by atoms with van der Waals surface area (Å²) in [6.45, 7) is 11.0. The average molecular weight is 687 g/mol. The van der Waals surface area contributed by atoms with Gasteiger partial charge < -0.3 is 19.7 Å². The molecule has 6 rings (SSSR count). The normalized spacial score (nSPS) is 18.4. The fraction of sp³-hybridized carbons (Fsp3) is 0.515. The van der Waals surface area contributed by atoms with Gasteiger partial charge in [0.1, 0.15) is 0 Å². The van der Waals surface area contributed by atoms with E-state index in [1.54, 1.807) is 12.5 Å². The molecule has 0 bridgehead atoms.